The van der Waals surface area contributed by atoms with Crippen LogP contribution in [0.4, 0.5) is 0 Å². The number of hydrogen-bond acceptors (Lipinski definition) is 10. The lowest BCUT2D eigenvalue weighted by Crippen LogP contribution is -2.63. The maximum atomic E-state index is 12.1. The van der Waals surface area contributed by atoms with E-state index < -0.39 is 66.6 Å². The van der Waals surface area contributed by atoms with E-state index in [0.717, 1.165) is 32.1 Å². The summed E-state index contributed by atoms with van der Waals surface area (Å²) in [6, 6.07) is 0. The van der Waals surface area contributed by atoms with Crippen LogP contribution in [0.2, 0.25) is 0 Å². The molecule has 0 aromatic carbocycles. The zero-order valence-electron chi connectivity index (χ0n) is 29.0. The van der Waals surface area contributed by atoms with Gasteiger partial charge in [0.25, 0.3) is 0 Å². The average Bonchev–Trinajstić information content (AvgIpc) is 3.55. The van der Waals surface area contributed by atoms with Gasteiger partial charge in [0.2, 0.25) is 0 Å². The zero-order valence-corrected chi connectivity index (χ0v) is 29.0. The Morgan fingerprint density at radius 2 is 1.54 bits per heavy atom. The summed E-state index contributed by atoms with van der Waals surface area (Å²) in [7, 11) is 0. The number of rotatable bonds is 8. The lowest BCUT2D eigenvalue weighted by atomic mass is 9.41. The Morgan fingerprint density at radius 3 is 2.17 bits per heavy atom. The first-order chi connectivity index (χ1) is 21.2. The maximum Gasteiger partial charge on any atom is 0.186 e. The average molecular weight is 655 g/mol. The maximum absolute atomic E-state index is 12.1. The number of ether oxygens (including phenoxy) is 2. The Kier molecular flexibility index (Phi) is 8.71. The highest BCUT2D eigenvalue weighted by atomic mass is 16.7. The standard InChI is InChI=1S/C36H62O10/c1-18(8-9-23(40)32(4,5)44)25-20(39)15-34(7)22-14-19(38)29-31(2,3)24(46-30-28(43)27(42)26(41)21(16-37)45-30)10-11-36(29)17-35(22,36)13-12-33(25,34)6/h18-30,37-44H,8-17H2,1-7H3/t18-,19?,20+,21-,22+,23?,24?,25+,26-,27+,28-,29+,30+,33-,34+,35+,36-/m1/s1. The molecule has 3 unspecified atom stereocenters. The predicted molar refractivity (Wildman–Crippen MR) is 169 cm³/mol. The quantitative estimate of drug-likeness (QED) is 0.181. The molecule has 0 amide bonds. The summed E-state index contributed by atoms with van der Waals surface area (Å²) < 4.78 is 12.1. The fraction of sp³-hybridized carbons (Fsp3) is 1.00. The molecule has 0 aromatic heterocycles. The predicted octanol–water partition coefficient (Wildman–Crippen LogP) is 2.10. The minimum atomic E-state index is -1.50. The first kappa shape index (κ1) is 35.4. The first-order valence-corrected chi connectivity index (χ1v) is 17.9. The van der Waals surface area contributed by atoms with Crippen molar-refractivity contribution in [2.45, 2.75) is 167 Å². The topological polar surface area (TPSA) is 180 Å². The smallest absolute Gasteiger partial charge is 0.186 e. The van der Waals surface area contributed by atoms with Crippen molar-refractivity contribution in [3.05, 3.63) is 0 Å². The van der Waals surface area contributed by atoms with Crippen LogP contribution in [0.25, 0.3) is 0 Å². The van der Waals surface area contributed by atoms with Crippen LogP contribution in [0.5, 0.6) is 0 Å². The molecule has 17 atom stereocenters. The Labute approximate surface area is 274 Å². The summed E-state index contributed by atoms with van der Waals surface area (Å²) in [6.45, 7) is 14.0. The van der Waals surface area contributed by atoms with Gasteiger partial charge in [-0.1, -0.05) is 34.6 Å². The third kappa shape index (κ3) is 4.78. The molecular weight excluding hydrogens is 592 g/mol. The van der Waals surface area contributed by atoms with Crippen molar-refractivity contribution < 1.29 is 50.3 Å². The van der Waals surface area contributed by atoms with Gasteiger partial charge in [-0.25, -0.2) is 0 Å². The number of hydrogen-bond donors (Lipinski definition) is 8. The molecule has 5 aliphatic carbocycles. The van der Waals surface area contributed by atoms with Gasteiger partial charge >= 0.3 is 0 Å². The summed E-state index contributed by atoms with van der Waals surface area (Å²) in [5.74, 6) is 0.499. The van der Waals surface area contributed by atoms with Gasteiger partial charge in [0.1, 0.15) is 24.4 Å². The largest absolute Gasteiger partial charge is 0.394 e. The minimum Gasteiger partial charge on any atom is -0.394 e. The van der Waals surface area contributed by atoms with Crippen molar-refractivity contribution in [3.63, 3.8) is 0 Å². The Bertz CT molecular complexity index is 1140. The van der Waals surface area contributed by atoms with Crippen LogP contribution in [0.3, 0.4) is 0 Å². The van der Waals surface area contributed by atoms with Crippen molar-refractivity contribution in [1.29, 1.82) is 0 Å². The van der Waals surface area contributed by atoms with E-state index in [-0.39, 0.29) is 51.4 Å². The highest BCUT2D eigenvalue weighted by molar-refractivity contribution is 5.32. The highest BCUT2D eigenvalue weighted by Crippen LogP contribution is 2.89. The fourth-order valence-electron chi connectivity index (χ4n) is 13.0. The number of fused-ring (bicyclic) bond motifs is 2. The van der Waals surface area contributed by atoms with E-state index >= 15 is 0 Å². The molecule has 1 saturated heterocycles. The Hall–Kier alpha value is -0.400. The third-order valence-corrected chi connectivity index (χ3v) is 15.5. The Morgan fingerprint density at radius 1 is 0.870 bits per heavy atom. The minimum absolute atomic E-state index is 0.0304. The van der Waals surface area contributed by atoms with E-state index in [1.165, 1.54) is 0 Å². The molecule has 6 fully saturated rings. The lowest BCUT2D eigenvalue weighted by molar-refractivity contribution is -0.329. The number of aliphatic hydroxyl groups is 8. The van der Waals surface area contributed by atoms with Crippen LogP contribution in [0, 0.1) is 50.7 Å². The second-order valence-corrected chi connectivity index (χ2v) is 18.4. The summed E-state index contributed by atoms with van der Waals surface area (Å²) in [6.07, 6.45) is -1.55. The van der Waals surface area contributed by atoms with Crippen molar-refractivity contribution in [3.8, 4) is 0 Å². The van der Waals surface area contributed by atoms with Crippen LogP contribution in [-0.4, -0.2) is 108 Å². The van der Waals surface area contributed by atoms with Crippen molar-refractivity contribution in [1.82, 2.24) is 0 Å². The first-order valence-electron chi connectivity index (χ1n) is 17.9. The van der Waals surface area contributed by atoms with Crippen molar-refractivity contribution in [2.24, 2.45) is 50.7 Å². The van der Waals surface area contributed by atoms with Crippen LogP contribution in [0.1, 0.15) is 106 Å². The van der Waals surface area contributed by atoms with Gasteiger partial charge in [-0.15, -0.1) is 0 Å². The summed E-state index contributed by atoms with van der Waals surface area (Å²) in [4.78, 5) is 0. The summed E-state index contributed by atoms with van der Waals surface area (Å²) in [5.41, 5.74) is -1.85. The fourth-order valence-corrected chi connectivity index (χ4v) is 13.0. The second-order valence-electron chi connectivity index (χ2n) is 18.4. The molecule has 0 radical (unpaired) electrons. The summed E-state index contributed by atoms with van der Waals surface area (Å²) in [5, 5.41) is 85.7. The lowest BCUT2D eigenvalue weighted by Gasteiger charge is -2.64. The van der Waals surface area contributed by atoms with E-state index in [9.17, 15) is 40.9 Å². The normalized spacial score (nSPS) is 54.2. The monoisotopic (exact) mass is 654 g/mol. The third-order valence-electron chi connectivity index (χ3n) is 15.5. The summed E-state index contributed by atoms with van der Waals surface area (Å²) >= 11 is 0. The second kappa shape index (κ2) is 11.3. The van der Waals surface area contributed by atoms with Crippen LogP contribution in [-0.2, 0) is 9.47 Å². The SMILES string of the molecule is C[C@H](CCC(O)C(C)(C)O)[C@H]1[C@@H](O)C[C@@]2(C)[C@@H]3CC(O)[C@H]4C(C)(C)C(O[C@@H]5O[C@H](CO)[C@@H](O)[C@H](O)[C@H]5O)CC[C@@]45C[C@@]35CC[C@]12C. The molecule has 0 aromatic rings. The molecule has 2 spiro atoms. The van der Waals surface area contributed by atoms with Crippen LogP contribution in [0.15, 0.2) is 0 Å². The van der Waals surface area contributed by atoms with Gasteiger partial charge in [-0.3, -0.25) is 0 Å². The van der Waals surface area contributed by atoms with Gasteiger partial charge in [-0.05, 0) is 122 Å². The van der Waals surface area contributed by atoms with Crippen LogP contribution < -0.4 is 0 Å². The molecule has 266 valence electrons. The van der Waals surface area contributed by atoms with Gasteiger partial charge in [-0.2, -0.15) is 0 Å². The van der Waals surface area contributed by atoms with E-state index in [1.54, 1.807) is 13.8 Å². The van der Waals surface area contributed by atoms with Crippen molar-refractivity contribution in [2.75, 3.05) is 6.61 Å². The molecule has 5 saturated carbocycles. The van der Waals surface area contributed by atoms with E-state index in [1.807, 2.05) is 0 Å². The molecule has 1 heterocycles. The van der Waals surface area contributed by atoms with Gasteiger partial charge in [0.15, 0.2) is 6.29 Å². The zero-order chi connectivity index (χ0) is 34.0. The van der Waals surface area contributed by atoms with E-state index in [4.69, 9.17) is 9.47 Å². The molecule has 10 nitrogen and oxygen atoms in total. The molecular formula is C36H62O10. The molecule has 0 bridgehead atoms. The highest BCUT2D eigenvalue weighted by Gasteiger charge is 2.84. The van der Waals surface area contributed by atoms with Crippen LogP contribution >= 0.6 is 0 Å². The molecule has 8 N–H and O–H groups in total. The molecule has 10 heteroatoms. The Balaban J connectivity index is 1.22. The molecule has 6 aliphatic rings. The van der Waals surface area contributed by atoms with Gasteiger partial charge in [0, 0.05) is 0 Å². The number of aliphatic hydroxyl groups excluding tert-OH is 7. The van der Waals surface area contributed by atoms with Gasteiger partial charge in [0.05, 0.1) is 36.6 Å². The van der Waals surface area contributed by atoms with Crippen molar-refractivity contribution >= 4 is 0 Å². The van der Waals surface area contributed by atoms with E-state index in [0.29, 0.717) is 25.7 Å². The molecule has 46 heavy (non-hydrogen) atoms. The van der Waals surface area contributed by atoms with Gasteiger partial charge < -0.3 is 50.3 Å². The van der Waals surface area contributed by atoms with E-state index in [2.05, 4.69) is 34.6 Å². The molecule has 6 rings (SSSR count). The molecule has 1 aliphatic heterocycles.